The van der Waals surface area contributed by atoms with E-state index in [9.17, 15) is 5.11 Å². The minimum absolute atomic E-state index is 0.347. The number of aliphatic hydroxyl groups excluding tert-OH is 1. The second kappa shape index (κ2) is 7.82. The Morgan fingerprint density at radius 3 is 2.33 bits per heavy atom. The normalized spacial score (nSPS) is 13.0. The van der Waals surface area contributed by atoms with E-state index in [2.05, 4.69) is 50.2 Å². The average Bonchev–Trinajstić information content (AvgIpc) is 2.32. The molecular weight excluding hydrogens is 242 g/mol. The first-order valence-corrected chi connectivity index (χ1v) is 7.86. The molecular formula is C15H25NOS. The molecule has 102 valence electrons. The number of hydrogen-bond donors (Lipinski definition) is 1. The molecule has 0 aliphatic rings. The highest BCUT2D eigenvalue weighted by Crippen LogP contribution is 2.19. The number of thioether (sulfide) groups is 1. The highest BCUT2D eigenvalue weighted by atomic mass is 32.2. The summed E-state index contributed by atoms with van der Waals surface area (Å²) < 4.78 is 0. The van der Waals surface area contributed by atoms with Gasteiger partial charge in [0.2, 0.25) is 0 Å². The average molecular weight is 267 g/mol. The van der Waals surface area contributed by atoms with Crippen LogP contribution in [0.4, 0.5) is 0 Å². The van der Waals surface area contributed by atoms with Crippen LogP contribution < -0.4 is 0 Å². The van der Waals surface area contributed by atoms with Gasteiger partial charge in [0, 0.05) is 18.8 Å². The van der Waals surface area contributed by atoms with Crippen LogP contribution >= 0.6 is 11.8 Å². The topological polar surface area (TPSA) is 23.5 Å². The van der Waals surface area contributed by atoms with Crippen molar-refractivity contribution in [2.45, 2.75) is 26.4 Å². The molecule has 1 atom stereocenters. The largest absolute Gasteiger partial charge is 0.388 e. The van der Waals surface area contributed by atoms with E-state index >= 15 is 0 Å². The Morgan fingerprint density at radius 1 is 1.17 bits per heavy atom. The van der Waals surface area contributed by atoms with Crippen LogP contribution in [0, 0.1) is 13.8 Å². The Labute approximate surface area is 115 Å². The molecule has 1 N–H and O–H groups in total. The van der Waals surface area contributed by atoms with Gasteiger partial charge >= 0.3 is 0 Å². The molecule has 1 rings (SSSR count). The molecule has 1 aromatic carbocycles. The third kappa shape index (κ3) is 5.42. The minimum atomic E-state index is -0.347. The molecule has 0 fully saturated rings. The minimum Gasteiger partial charge on any atom is -0.388 e. The first kappa shape index (κ1) is 15.5. The zero-order valence-corrected chi connectivity index (χ0v) is 12.8. The van der Waals surface area contributed by atoms with Crippen LogP contribution in [0.25, 0.3) is 0 Å². The standard InChI is InChI=1S/C15H25NOS/c1-12-9-13(2)11-14(10-12)15(17)5-6-16(3)7-8-18-4/h9-11,15,17H,5-8H2,1-4H3. The second-order valence-electron chi connectivity index (χ2n) is 5.02. The summed E-state index contributed by atoms with van der Waals surface area (Å²) in [6, 6.07) is 6.31. The first-order valence-electron chi connectivity index (χ1n) is 6.46. The van der Waals surface area contributed by atoms with Crippen molar-refractivity contribution in [3.05, 3.63) is 34.9 Å². The third-order valence-electron chi connectivity index (χ3n) is 3.09. The fraction of sp³-hybridized carbons (Fsp3) is 0.600. The van der Waals surface area contributed by atoms with Gasteiger partial charge in [0.25, 0.3) is 0 Å². The number of nitrogens with zero attached hydrogens (tertiary/aromatic N) is 1. The lowest BCUT2D eigenvalue weighted by atomic mass is 10.0. The Bertz CT molecular complexity index is 347. The molecule has 2 nitrogen and oxygen atoms in total. The Balaban J connectivity index is 2.47. The highest BCUT2D eigenvalue weighted by Gasteiger charge is 2.09. The molecule has 0 amide bonds. The highest BCUT2D eigenvalue weighted by molar-refractivity contribution is 7.98. The summed E-state index contributed by atoms with van der Waals surface area (Å²) in [5, 5.41) is 10.2. The van der Waals surface area contributed by atoms with Crippen LogP contribution in [0.15, 0.2) is 18.2 Å². The number of aliphatic hydroxyl groups is 1. The Kier molecular flexibility index (Phi) is 6.76. The monoisotopic (exact) mass is 267 g/mol. The predicted molar refractivity (Wildman–Crippen MR) is 81.4 cm³/mol. The summed E-state index contributed by atoms with van der Waals surface area (Å²) in [6.07, 6.45) is 2.58. The number of rotatable bonds is 7. The second-order valence-corrected chi connectivity index (χ2v) is 6.01. The lowest BCUT2D eigenvalue weighted by molar-refractivity contribution is 0.150. The smallest absolute Gasteiger partial charge is 0.0802 e. The van der Waals surface area contributed by atoms with E-state index < -0.39 is 0 Å². The predicted octanol–water partition coefficient (Wildman–Crippen LogP) is 3.02. The van der Waals surface area contributed by atoms with Crippen molar-refractivity contribution in [3.8, 4) is 0 Å². The van der Waals surface area contributed by atoms with E-state index in [1.54, 1.807) is 0 Å². The Hall–Kier alpha value is -0.510. The van der Waals surface area contributed by atoms with Crippen LogP contribution in [-0.2, 0) is 0 Å². The van der Waals surface area contributed by atoms with Crippen molar-refractivity contribution in [3.63, 3.8) is 0 Å². The van der Waals surface area contributed by atoms with Gasteiger partial charge in [-0.1, -0.05) is 29.3 Å². The lowest BCUT2D eigenvalue weighted by Crippen LogP contribution is -2.23. The van der Waals surface area contributed by atoms with Crippen LogP contribution in [0.3, 0.4) is 0 Å². The van der Waals surface area contributed by atoms with Crippen molar-refractivity contribution >= 4 is 11.8 Å². The fourth-order valence-electron chi connectivity index (χ4n) is 2.07. The van der Waals surface area contributed by atoms with Crippen molar-refractivity contribution in [1.82, 2.24) is 4.90 Å². The molecule has 0 aliphatic carbocycles. The summed E-state index contributed by atoms with van der Waals surface area (Å²) in [5.74, 6) is 1.15. The molecule has 0 heterocycles. The van der Waals surface area contributed by atoms with Gasteiger partial charge in [-0.05, 0) is 39.1 Å². The van der Waals surface area contributed by atoms with Gasteiger partial charge in [-0.2, -0.15) is 11.8 Å². The summed E-state index contributed by atoms with van der Waals surface area (Å²) in [7, 11) is 2.12. The maximum atomic E-state index is 10.2. The Morgan fingerprint density at radius 2 is 1.78 bits per heavy atom. The molecule has 3 heteroatoms. The van der Waals surface area contributed by atoms with Gasteiger partial charge < -0.3 is 10.0 Å². The third-order valence-corrected chi connectivity index (χ3v) is 3.68. The molecule has 0 bridgehead atoms. The molecule has 18 heavy (non-hydrogen) atoms. The fourth-order valence-corrected chi connectivity index (χ4v) is 2.56. The van der Waals surface area contributed by atoms with E-state index in [0.29, 0.717) is 0 Å². The SMILES string of the molecule is CSCCN(C)CCC(O)c1cc(C)cc(C)c1. The number of hydrogen-bond acceptors (Lipinski definition) is 3. The summed E-state index contributed by atoms with van der Waals surface area (Å²) in [6.45, 7) is 6.18. The van der Waals surface area contributed by atoms with E-state index in [1.165, 1.54) is 11.1 Å². The zero-order chi connectivity index (χ0) is 13.5. The van der Waals surface area contributed by atoms with Gasteiger partial charge in [-0.3, -0.25) is 0 Å². The summed E-state index contributed by atoms with van der Waals surface area (Å²) >= 11 is 1.86. The molecule has 1 unspecified atom stereocenters. The van der Waals surface area contributed by atoms with Crippen LogP contribution in [0.1, 0.15) is 29.2 Å². The van der Waals surface area contributed by atoms with Crippen LogP contribution in [-0.4, -0.2) is 42.2 Å². The number of benzene rings is 1. The van der Waals surface area contributed by atoms with Gasteiger partial charge in [0.05, 0.1) is 6.10 Å². The summed E-state index contributed by atoms with van der Waals surface area (Å²) in [5.41, 5.74) is 3.49. The zero-order valence-electron chi connectivity index (χ0n) is 11.9. The molecule has 1 aromatic rings. The van der Waals surface area contributed by atoms with E-state index in [-0.39, 0.29) is 6.10 Å². The lowest BCUT2D eigenvalue weighted by Gasteiger charge is -2.19. The maximum absolute atomic E-state index is 10.2. The summed E-state index contributed by atoms with van der Waals surface area (Å²) in [4.78, 5) is 2.28. The van der Waals surface area contributed by atoms with E-state index in [1.807, 2.05) is 11.8 Å². The molecule has 0 saturated carbocycles. The van der Waals surface area contributed by atoms with Crippen LogP contribution in [0.2, 0.25) is 0 Å². The number of aryl methyl sites for hydroxylation is 2. The van der Waals surface area contributed by atoms with Gasteiger partial charge in [0.15, 0.2) is 0 Å². The first-order chi connectivity index (χ1) is 8.52. The molecule has 0 saturated heterocycles. The maximum Gasteiger partial charge on any atom is 0.0802 e. The molecule has 0 aromatic heterocycles. The van der Waals surface area contributed by atoms with E-state index in [0.717, 1.165) is 30.8 Å². The van der Waals surface area contributed by atoms with Crippen molar-refractivity contribution < 1.29 is 5.11 Å². The van der Waals surface area contributed by atoms with Gasteiger partial charge in [-0.25, -0.2) is 0 Å². The van der Waals surface area contributed by atoms with E-state index in [4.69, 9.17) is 0 Å². The molecule has 0 aliphatic heterocycles. The van der Waals surface area contributed by atoms with Crippen molar-refractivity contribution in [2.75, 3.05) is 32.1 Å². The van der Waals surface area contributed by atoms with Gasteiger partial charge in [0.1, 0.15) is 0 Å². The van der Waals surface area contributed by atoms with Crippen molar-refractivity contribution in [1.29, 1.82) is 0 Å². The quantitative estimate of drug-likeness (QED) is 0.821. The van der Waals surface area contributed by atoms with Gasteiger partial charge in [-0.15, -0.1) is 0 Å². The van der Waals surface area contributed by atoms with Crippen molar-refractivity contribution in [2.24, 2.45) is 0 Å². The molecule has 0 radical (unpaired) electrons. The molecule has 0 spiro atoms. The van der Waals surface area contributed by atoms with Crippen LogP contribution in [0.5, 0.6) is 0 Å².